The molecule has 0 radical (unpaired) electrons. The van der Waals surface area contributed by atoms with Crippen molar-refractivity contribution in [2.75, 3.05) is 5.73 Å². The summed E-state index contributed by atoms with van der Waals surface area (Å²) in [7, 11) is 0. The fourth-order valence-corrected chi connectivity index (χ4v) is 1.57. The van der Waals surface area contributed by atoms with Gasteiger partial charge in [0.05, 0.1) is 11.6 Å². The van der Waals surface area contributed by atoms with Crippen LogP contribution in [-0.4, -0.2) is 27.4 Å². The Morgan fingerprint density at radius 1 is 1.61 bits per heavy atom. The van der Waals surface area contributed by atoms with E-state index in [0.717, 1.165) is 4.68 Å². The molecular weight excluding hydrogens is 244 g/mol. The molecule has 0 aromatic carbocycles. The highest BCUT2D eigenvalue weighted by Gasteiger charge is 2.59. The zero-order valence-corrected chi connectivity index (χ0v) is 10.4. The molecule has 0 aliphatic heterocycles. The first-order valence-corrected chi connectivity index (χ1v) is 5.57. The monoisotopic (exact) mass is 259 g/mol. The van der Waals surface area contributed by atoms with Gasteiger partial charge in [0.2, 0.25) is 0 Å². The highest BCUT2D eigenvalue weighted by Crippen LogP contribution is 2.55. The number of nitrogens with two attached hydrogens (primary N) is 1. The van der Waals surface area contributed by atoms with Gasteiger partial charge in [-0.15, -0.1) is 4.68 Å². The molecule has 2 N–H and O–H groups in total. The molecule has 1 aromatic rings. The van der Waals surface area contributed by atoms with Crippen molar-refractivity contribution < 1.29 is 18.3 Å². The Kier molecular flexibility index (Phi) is 2.60. The van der Waals surface area contributed by atoms with E-state index in [-0.39, 0.29) is 17.9 Å². The number of alkyl halides is 2. The van der Waals surface area contributed by atoms with Crippen LogP contribution in [0.15, 0.2) is 6.07 Å². The molecule has 0 amide bonds. The average Bonchev–Trinajstić information content (AvgIpc) is 2.64. The van der Waals surface area contributed by atoms with Crippen LogP contribution in [0.2, 0.25) is 0 Å². The second-order valence-electron chi connectivity index (χ2n) is 5.40. The molecule has 1 fully saturated rings. The van der Waals surface area contributed by atoms with E-state index >= 15 is 0 Å². The van der Waals surface area contributed by atoms with Gasteiger partial charge in [-0.3, -0.25) is 0 Å². The van der Waals surface area contributed by atoms with Crippen molar-refractivity contribution in [2.24, 2.45) is 0 Å². The van der Waals surface area contributed by atoms with Crippen LogP contribution in [0, 0.1) is 0 Å². The van der Waals surface area contributed by atoms with E-state index in [0.29, 0.717) is 0 Å². The lowest BCUT2D eigenvalue weighted by molar-refractivity contribution is 0.0516. The summed E-state index contributed by atoms with van der Waals surface area (Å²) in [5.41, 5.74) is 5.00. The number of ether oxygens (including phenoxy) is 1. The fourth-order valence-electron chi connectivity index (χ4n) is 1.57. The Balaban J connectivity index is 2.18. The summed E-state index contributed by atoms with van der Waals surface area (Å²) in [6.07, 6.45) is -1.02. The lowest BCUT2D eigenvalue weighted by Crippen LogP contribution is -2.28. The number of aromatic nitrogens is 2. The van der Waals surface area contributed by atoms with E-state index in [1.165, 1.54) is 6.07 Å². The molecule has 1 heterocycles. The highest BCUT2D eigenvalue weighted by molar-refractivity contribution is 5.74. The van der Waals surface area contributed by atoms with E-state index < -0.39 is 23.5 Å². The van der Waals surface area contributed by atoms with Gasteiger partial charge in [-0.25, -0.2) is 13.6 Å². The summed E-state index contributed by atoms with van der Waals surface area (Å²) < 4.78 is 31.7. The van der Waals surface area contributed by atoms with E-state index in [9.17, 15) is 13.6 Å². The number of nitrogens with zero attached hydrogens (tertiary/aromatic N) is 2. The lowest BCUT2D eigenvalue weighted by atomic mass is 10.2. The topological polar surface area (TPSA) is 70.1 Å². The molecule has 100 valence electrons. The van der Waals surface area contributed by atoms with Crippen molar-refractivity contribution in [1.82, 2.24) is 9.78 Å². The largest absolute Gasteiger partial charge is 0.442 e. The minimum Gasteiger partial charge on any atom is -0.442 e. The molecule has 5 nitrogen and oxygen atoms in total. The van der Waals surface area contributed by atoms with Crippen LogP contribution in [0.1, 0.15) is 38.8 Å². The van der Waals surface area contributed by atoms with Crippen molar-refractivity contribution in [1.29, 1.82) is 0 Å². The third-order valence-electron chi connectivity index (χ3n) is 2.51. The van der Waals surface area contributed by atoms with Crippen LogP contribution >= 0.6 is 0 Å². The third-order valence-corrected chi connectivity index (χ3v) is 2.51. The predicted molar refractivity (Wildman–Crippen MR) is 60.6 cm³/mol. The molecule has 0 spiro atoms. The molecule has 1 aliphatic carbocycles. The minimum atomic E-state index is -2.74. The van der Waals surface area contributed by atoms with Gasteiger partial charge in [-0.1, -0.05) is 0 Å². The molecule has 0 saturated heterocycles. The van der Waals surface area contributed by atoms with Crippen molar-refractivity contribution in [2.45, 2.75) is 44.6 Å². The van der Waals surface area contributed by atoms with E-state index in [2.05, 4.69) is 5.10 Å². The Morgan fingerprint density at radius 2 is 2.17 bits per heavy atom. The second-order valence-corrected chi connectivity index (χ2v) is 5.40. The molecule has 0 bridgehead atoms. The number of carbonyl (C=O) groups excluding carboxylic acids is 1. The molecule has 18 heavy (non-hydrogen) atoms. The van der Waals surface area contributed by atoms with Gasteiger partial charge in [0.25, 0.3) is 5.92 Å². The standard InChI is InChI=1S/C11H15F2N3O2/c1-10(2,3)18-9(17)16-8(14)4-7(15-16)6-5-11(6,12)13/h4,6H,5,14H2,1-3H3. The van der Waals surface area contributed by atoms with E-state index in [1.807, 2.05) is 0 Å². The number of anilines is 1. The van der Waals surface area contributed by atoms with Gasteiger partial charge in [0.15, 0.2) is 0 Å². The van der Waals surface area contributed by atoms with Crippen LogP contribution in [0.5, 0.6) is 0 Å². The Hall–Kier alpha value is -1.66. The summed E-state index contributed by atoms with van der Waals surface area (Å²) >= 11 is 0. The molecule has 7 heteroatoms. The Morgan fingerprint density at radius 3 is 2.61 bits per heavy atom. The fraction of sp³-hybridized carbons (Fsp3) is 0.636. The molecular formula is C11H15F2N3O2. The highest BCUT2D eigenvalue weighted by atomic mass is 19.3. The lowest BCUT2D eigenvalue weighted by Gasteiger charge is -2.19. The summed E-state index contributed by atoms with van der Waals surface area (Å²) in [5, 5.41) is 3.79. The van der Waals surface area contributed by atoms with Gasteiger partial charge in [0, 0.05) is 12.5 Å². The molecule has 1 unspecified atom stereocenters. The number of nitrogen functional groups attached to an aromatic ring is 1. The normalized spacial score (nSPS) is 21.7. The third kappa shape index (κ3) is 2.44. The van der Waals surface area contributed by atoms with Gasteiger partial charge >= 0.3 is 6.09 Å². The average molecular weight is 259 g/mol. The summed E-state index contributed by atoms with van der Waals surface area (Å²) in [4.78, 5) is 11.7. The smallest absolute Gasteiger partial charge is 0.437 e. The van der Waals surface area contributed by atoms with Crippen LogP contribution in [0.25, 0.3) is 0 Å². The Bertz CT molecular complexity index is 491. The first-order chi connectivity index (χ1) is 8.10. The zero-order chi connectivity index (χ0) is 13.7. The van der Waals surface area contributed by atoms with Gasteiger partial charge in [-0.05, 0) is 20.8 Å². The van der Waals surface area contributed by atoms with Gasteiger partial charge < -0.3 is 10.5 Å². The van der Waals surface area contributed by atoms with E-state index in [1.54, 1.807) is 20.8 Å². The summed E-state index contributed by atoms with van der Waals surface area (Å²) in [5.74, 6) is -3.68. The van der Waals surface area contributed by atoms with Crippen LogP contribution in [0.4, 0.5) is 19.4 Å². The zero-order valence-electron chi connectivity index (χ0n) is 10.4. The molecule has 1 aliphatic rings. The van der Waals surface area contributed by atoms with Crippen LogP contribution in [-0.2, 0) is 4.74 Å². The van der Waals surface area contributed by atoms with Crippen molar-refractivity contribution >= 4 is 11.9 Å². The van der Waals surface area contributed by atoms with Crippen molar-refractivity contribution in [3.05, 3.63) is 11.8 Å². The van der Waals surface area contributed by atoms with Crippen LogP contribution < -0.4 is 5.73 Å². The Labute approximate surface area is 103 Å². The van der Waals surface area contributed by atoms with Crippen molar-refractivity contribution in [3.8, 4) is 0 Å². The van der Waals surface area contributed by atoms with Gasteiger partial charge in [-0.2, -0.15) is 5.10 Å². The summed E-state index contributed by atoms with van der Waals surface area (Å²) in [6.45, 7) is 5.08. The maximum Gasteiger partial charge on any atom is 0.437 e. The molecule has 1 saturated carbocycles. The number of halogens is 2. The summed E-state index contributed by atoms with van der Waals surface area (Å²) in [6, 6.07) is 1.29. The number of rotatable bonds is 1. The first-order valence-electron chi connectivity index (χ1n) is 5.57. The van der Waals surface area contributed by atoms with Gasteiger partial charge in [0.1, 0.15) is 11.4 Å². The van der Waals surface area contributed by atoms with Crippen LogP contribution in [0.3, 0.4) is 0 Å². The molecule has 1 aromatic heterocycles. The number of hydrogen-bond acceptors (Lipinski definition) is 4. The SMILES string of the molecule is CC(C)(C)OC(=O)n1nc(C2CC2(F)F)cc1N. The maximum absolute atomic E-state index is 12.9. The number of carbonyl (C=O) groups is 1. The predicted octanol–water partition coefficient (Wildman–Crippen LogP) is 2.37. The van der Waals surface area contributed by atoms with Crippen molar-refractivity contribution in [3.63, 3.8) is 0 Å². The quantitative estimate of drug-likeness (QED) is 0.840. The molecule has 1 atom stereocenters. The first kappa shape index (κ1) is 12.8. The number of hydrogen-bond donors (Lipinski definition) is 1. The van der Waals surface area contributed by atoms with E-state index in [4.69, 9.17) is 10.5 Å². The second kappa shape index (κ2) is 3.66. The molecule has 2 rings (SSSR count). The minimum absolute atomic E-state index is 0.00181. The maximum atomic E-state index is 12.9.